The zero-order chi connectivity index (χ0) is 21.6. The van der Waals surface area contributed by atoms with Gasteiger partial charge >= 0.3 is 5.97 Å². The number of methoxy groups -OCH3 is 1. The second-order valence-corrected chi connectivity index (χ2v) is 8.10. The molecule has 0 saturated carbocycles. The fourth-order valence-corrected chi connectivity index (χ4v) is 4.35. The molecule has 2 aromatic carbocycles. The van der Waals surface area contributed by atoms with Crippen molar-refractivity contribution in [1.82, 2.24) is 9.88 Å². The van der Waals surface area contributed by atoms with E-state index in [0.29, 0.717) is 17.8 Å². The second-order valence-electron chi connectivity index (χ2n) is 7.26. The fourth-order valence-electron chi connectivity index (χ4n) is 3.46. The van der Waals surface area contributed by atoms with Crippen molar-refractivity contribution in [1.29, 1.82) is 0 Å². The third kappa shape index (κ3) is 5.28. The first-order chi connectivity index (χ1) is 15.1. The van der Waals surface area contributed by atoms with E-state index in [1.807, 2.05) is 18.2 Å². The molecule has 7 nitrogen and oxygen atoms in total. The lowest BCUT2D eigenvalue weighted by Gasteiger charge is -2.34. The van der Waals surface area contributed by atoms with Gasteiger partial charge in [-0.15, -0.1) is 11.3 Å². The van der Waals surface area contributed by atoms with Crippen molar-refractivity contribution in [3.8, 4) is 11.3 Å². The van der Waals surface area contributed by atoms with Gasteiger partial charge in [-0.25, -0.2) is 9.78 Å². The van der Waals surface area contributed by atoms with Crippen LogP contribution in [0, 0.1) is 0 Å². The predicted molar refractivity (Wildman–Crippen MR) is 123 cm³/mol. The van der Waals surface area contributed by atoms with Gasteiger partial charge in [0.25, 0.3) is 0 Å². The summed E-state index contributed by atoms with van der Waals surface area (Å²) >= 11 is 1.66. The minimum absolute atomic E-state index is 0.0696. The van der Waals surface area contributed by atoms with Crippen molar-refractivity contribution in [2.45, 2.75) is 0 Å². The maximum atomic E-state index is 12.4. The van der Waals surface area contributed by atoms with Crippen molar-refractivity contribution in [3.63, 3.8) is 0 Å². The Morgan fingerprint density at radius 1 is 1.03 bits per heavy atom. The van der Waals surface area contributed by atoms with E-state index in [2.05, 4.69) is 37.4 Å². The van der Waals surface area contributed by atoms with Crippen molar-refractivity contribution in [2.75, 3.05) is 50.1 Å². The normalized spacial score (nSPS) is 14.3. The molecule has 4 rings (SSSR count). The largest absolute Gasteiger partial charge is 0.465 e. The molecule has 1 aliphatic heterocycles. The van der Waals surface area contributed by atoms with Crippen molar-refractivity contribution < 1.29 is 14.3 Å². The summed E-state index contributed by atoms with van der Waals surface area (Å²) in [4.78, 5) is 33.1. The Kier molecular flexibility index (Phi) is 6.59. The summed E-state index contributed by atoms with van der Waals surface area (Å²) in [6.45, 7) is 3.61. The number of esters is 1. The van der Waals surface area contributed by atoms with E-state index >= 15 is 0 Å². The van der Waals surface area contributed by atoms with Gasteiger partial charge in [0, 0.05) is 42.8 Å². The van der Waals surface area contributed by atoms with Gasteiger partial charge in [0.15, 0.2) is 5.13 Å². The van der Waals surface area contributed by atoms with Gasteiger partial charge in [0.05, 0.1) is 24.9 Å². The molecule has 1 saturated heterocycles. The summed E-state index contributed by atoms with van der Waals surface area (Å²) in [5.74, 6) is -0.466. The fraction of sp³-hybridized carbons (Fsp3) is 0.261. The molecule has 1 amide bonds. The summed E-state index contributed by atoms with van der Waals surface area (Å²) < 4.78 is 4.68. The number of hydrogen-bond acceptors (Lipinski definition) is 7. The standard InChI is InChI=1S/C23H24N4O3S/c1-30-22(29)18-7-9-19(10-8-18)24-21(28)15-26-11-13-27(14-12-26)23-25-20(16-31-23)17-5-3-2-4-6-17/h2-10,16H,11-15H2,1H3,(H,24,28). The van der Waals surface area contributed by atoms with Crippen LogP contribution in [-0.2, 0) is 9.53 Å². The van der Waals surface area contributed by atoms with Crippen LogP contribution in [0.2, 0.25) is 0 Å². The highest BCUT2D eigenvalue weighted by Gasteiger charge is 2.21. The van der Waals surface area contributed by atoms with Gasteiger partial charge < -0.3 is 15.0 Å². The molecule has 0 bridgehead atoms. The molecule has 0 aliphatic carbocycles. The lowest BCUT2D eigenvalue weighted by atomic mass is 10.2. The molecule has 31 heavy (non-hydrogen) atoms. The van der Waals surface area contributed by atoms with Crippen LogP contribution in [0.5, 0.6) is 0 Å². The molecular formula is C23H24N4O3S. The van der Waals surface area contributed by atoms with Crippen LogP contribution in [0.25, 0.3) is 11.3 Å². The first-order valence-electron chi connectivity index (χ1n) is 10.1. The maximum absolute atomic E-state index is 12.4. The van der Waals surface area contributed by atoms with Gasteiger partial charge in [-0.3, -0.25) is 9.69 Å². The number of anilines is 2. The molecule has 0 unspecified atom stereocenters. The number of hydrogen-bond donors (Lipinski definition) is 1. The highest BCUT2D eigenvalue weighted by Crippen LogP contribution is 2.27. The summed E-state index contributed by atoms with van der Waals surface area (Å²) in [6, 6.07) is 16.9. The monoisotopic (exact) mass is 436 g/mol. The Morgan fingerprint density at radius 3 is 2.42 bits per heavy atom. The second kappa shape index (κ2) is 9.72. The average Bonchev–Trinajstić information content (AvgIpc) is 3.30. The number of thiazole rings is 1. The molecule has 0 spiro atoms. The van der Waals surface area contributed by atoms with Crippen molar-refractivity contribution in [2.24, 2.45) is 0 Å². The van der Waals surface area contributed by atoms with Gasteiger partial charge in [0.2, 0.25) is 5.91 Å². The van der Waals surface area contributed by atoms with Crippen LogP contribution in [-0.4, -0.2) is 61.6 Å². The zero-order valence-electron chi connectivity index (χ0n) is 17.3. The topological polar surface area (TPSA) is 74.8 Å². The SMILES string of the molecule is COC(=O)c1ccc(NC(=O)CN2CCN(c3nc(-c4ccccc4)cs3)CC2)cc1. The van der Waals surface area contributed by atoms with Crippen LogP contribution in [0.3, 0.4) is 0 Å². The number of carbonyl (C=O) groups is 2. The quantitative estimate of drug-likeness (QED) is 0.598. The molecule has 3 aromatic rings. The predicted octanol–water partition coefficient (Wildman–Crippen LogP) is 3.36. The lowest BCUT2D eigenvalue weighted by molar-refractivity contribution is -0.117. The van der Waals surface area contributed by atoms with Crippen LogP contribution < -0.4 is 10.2 Å². The number of benzene rings is 2. The number of nitrogens with zero attached hydrogens (tertiary/aromatic N) is 3. The van der Waals surface area contributed by atoms with Crippen LogP contribution in [0.4, 0.5) is 10.8 Å². The molecule has 0 radical (unpaired) electrons. The lowest BCUT2D eigenvalue weighted by Crippen LogP contribution is -2.48. The van der Waals surface area contributed by atoms with Crippen molar-refractivity contribution in [3.05, 3.63) is 65.5 Å². The van der Waals surface area contributed by atoms with E-state index < -0.39 is 5.97 Å². The molecule has 1 aliphatic rings. The molecule has 2 heterocycles. The van der Waals surface area contributed by atoms with Crippen LogP contribution >= 0.6 is 11.3 Å². The van der Waals surface area contributed by atoms with E-state index in [1.54, 1.807) is 35.6 Å². The Balaban J connectivity index is 1.26. The number of carbonyl (C=O) groups excluding carboxylic acids is 2. The van der Waals surface area contributed by atoms with E-state index in [9.17, 15) is 9.59 Å². The first-order valence-corrected chi connectivity index (χ1v) is 11.0. The first kappa shape index (κ1) is 21.0. The van der Waals surface area contributed by atoms with Crippen LogP contribution in [0.15, 0.2) is 60.0 Å². The number of aromatic nitrogens is 1. The maximum Gasteiger partial charge on any atom is 0.337 e. The number of ether oxygens (including phenoxy) is 1. The smallest absolute Gasteiger partial charge is 0.337 e. The number of piperazine rings is 1. The van der Waals surface area contributed by atoms with E-state index in [-0.39, 0.29) is 5.91 Å². The molecule has 160 valence electrons. The van der Waals surface area contributed by atoms with Gasteiger partial charge in [0.1, 0.15) is 0 Å². The van der Waals surface area contributed by atoms with Crippen LogP contribution in [0.1, 0.15) is 10.4 Å². The Bertz CT molecular complexity index is 1030. The molecule has 8 heteroatoms. The summed E-state index contributed by atoms with van der Waals surface area (Å²) in [6.07, 6.45) is 0. The Morgan fingerprint density at radius 2 is 1.74 bits per heavy atom. The summed E-state index contributed by atoms with van der Waals surface area (Å²) in [5.41, 5.74) is 3.24. The van der Waals surface area contributed by atoms with Crippen molar-refractivity contribution >= 4 is 34.0 Å². The van der Waals surface area contributed by atoms with E-state index in [1.165, 1.54) is 7.11 Å². The highest BCUT2D eigenvalue weighted by molar-refractivity contribution is 7.14. The minimum Gasteiger partial charge on any atom is -0.465 e. The number of nitrogens with one attached hydrogen (secondary N) is 1. The average molecular weight is 437 g/mol. The molecule has 0 atom stereocenters. The third-order valence-electron chi connectivity index (χ3n) is 5.16. The Hall–Kier alpha value is -3.23. The highest BCUT2D eigenvalue weighted by atomic mass is 32.1. The molecule has 1 fully saturated rings. The molecular weight excluding hydrogens is 412 g/mol. The van der Waals surface area contributed by atoms with Gasteiger partial charge in [-0.2, -0.15) is 0 Å². The minimum atomic E-state index is -0.396. The Labute approximate surface area is 185 Å². The van der Waals surface area contributed by atoms with E-state index in [0.717, 1.165) is 42.6 Å². The third-order valence-corrected chi connectivity index (χ3v) is 6.06. The zero-order valence-corrected chi connectivity index (χ0v) is 18.1. The van der Waals surface area contributed by atoms with E-state index in [4.69, 9.17) is 4.98 Å². The van der Waals surface area contributed by atoms with Gasteiger partial charge in [-0.1, -0.05) is 30.3 Å². The summed E-state index contributed by atoms with van der Waals surface area (Å²) in [7, 11) is 1.34. The van der Waals surface area contributed by atoms with Gasteiger partial charge in [-0.05, 0) is 24.3 Å². The number of amides is 1. The molecule has 1 N–H and O–H groups in total. The number of rotatable bonds is 6. The summed E-state index contributed by atoms with van der Waals surface area (Å²) in [5, 5.41) is 6.00. The molecule has 1 aromatic heterocycles.